The average Bonchev–Trinajstić information content (AvgIpc) is 3.21. The van der Waals surface area contributed by atoms with E-state index in [0.717, 1.165) is 51.4 Å². The average molecular weight is 592 g/mol. The molecule has 6 atom stereocenters. The number of methoxy groups -OCH3 is 1. The lowest BCUT2D eigenvalue weighted by atomic mass is 9.70. The molecule has 42 heavy (non-hydrogen) atoms. The molecule has 3 rings (SSSR count). The number of ether oxygens (including phenoxy) is 1. The Balaban J connectivity index is 1.86. The second-order valence-corrected chi connectivity index (χ2v) is 13.7. The van der Waals surface area contributed by atoms with Crippen molar-refractivity contribution in [2.75, 3.05) is 20.3 Å². The lowest BCUT2D eigenvalue weighted by molar-refractivity contribution is -0.145. The Morgan fingerprint density at radius 3 is 2.14 bits per heavy atom. The van der Waals surface area contributed by atoms with E-state index in [1.54, 1.807) is 12.0 Å². The van der Waals surface area contributed by atoms with Crippen LogP contribution >= 0.6 is 0 Å². The first kappa shape index (κ1) is 33.8. The molecule has 2 saturated carbocycles. The van der Waals surface area contributed by atoms with Crippen LogP contribution in [0.1, 0.15) is 92.4 Å². The van der Waals surface area contributed by atoms with Crippen molar-refractivity contribution in [1.82, 2.24) is 20.9 Å². The minimum absolute atomic E-state index is 0.0160. The van der Waals surface area contributed by atoms with Crippen molar-refractivity contribution >= 4 is 29.5 Å². The monoisotopic (exact) mass is 591 g/mol. The number of carbonyl (C=O) groups excluding carboxylic acids is 5. The Morgan fingerprint density at radius 2 is 1.62 bits per heavy atom. The van der Waals surface area contributed by atoms with Crippen molar-refractivity contribution < 1.29 is 28.7 Å². The zero-order valence-electron chi connectivity index (χ0n) is 26.4. The maximum absolute atomic E-state index is 14.4. The molecule has 3 unspecified atom stereocenters. The lowest BCUT2D eigenvalue weighted by Gasteiger charge is -2.42. The van der Waals surface area contributed by atoms with E-state index in [1.165, 1.54) is 0 Å². The highest BCUT2D eigenvalue weighted by atomic mass is 16.5. The van der Waals surface area contributed by atoms with E-state index in [9.17, 15) is 24.0 Å². The van der Waals surface area contributed by atoms with Gasteiger partial charge in [-0.1, -0.05) is 73.1 Å². The van der Waals surface area contributed by atoms with Gasteiger partial charge in [-0.2, -0.15) is 0 Å². The van der Waals surface area contributed by atoms with Gasteiger partial charge < -0.3 is 31.3 Å². The molecule has 238 valence electrons. The maximum atomic E-state index is 14.4. The summed E-state index contributed by atoms with van der Waals surface area (Å²) in [6.45, 7) is 10.6. The number of nitrogens with zero attached hydrogens (tertiary/aromatic N) is 1. The number of hydrogen-bond donors (Lipinski definition) is 4. The molecule has 2 aliphatic carbocycles. The number of rotatable bonds is 13. The van der Waals surface area contributed by atoms with Crippen LogP contribution < -0.4 is 21.7 Å². The largest absolute Gasteiger partial charge is 0.383 e. The summed E-state index contributed by atoms with van der Waals surface area (Å²) < 4.78 is 5.28. The number of nitrogens with two attached hydrogens (primary N) is 1. The molecule has 1 saturated heterocycles. The SMILES string of the molecule is COC[C@@H](NC(=O)NC(C(=O)N1C[C@H](C)[C@H](C)C1C(=O)NC(CC1CCC1)C(=O)C(N)=O)C1(C)CCCCC1)C(C)C. The number of carbonyl (C=O) groups is 5. The highest BCUT2D eigenvalue weighted by Crippen LogP contribution is 2.41. The normalized spacial score (nSPS) is 26.1. The van der Waals surface area contributed by atoms with Crippen LogP contribution in [0.5, 0.6) is 0 Å². The van der Waals surface area contributed by atoms with E-state index in [0.29, 0.717) is 19.6 Å². The van der Waals surface area contributed by atoms with Crippen molar-refractivity contribution in [2.45, 2.75) is 117 Å². The molecule has 0 aromatic rings. The van der Waals surface area contributed by atoms with Crippen molar-refractivity contribution in [3.8, 4) is 0 Å². The molecular formula is C31H53N5O6. The predicted molar refractivity (Wildman–Crippen MR) is 159 cm³/mol. The van der Waals surface area contributed by atoms with E-state index in [2.05, 4.69) is 16.0 Å². The molecule has 0 spiro atoms. The van der Waals surface area contributed by atoms with Gasteiger partial charge in [0, 0.05) is 13.7 Å². The minimum atomic E-state index is -1.07. The van der Waals surface area contributed by atoms with E-state index in [4.69, 9.17) is 10.5 Å². The van der Waals surface area contributed by atoms with Gasteiger partial charge in [-0.15, -0.1) is 0 Å². The van der Waals surface area contributed by atoms with Crippen molar-refractivity contribution in [3.05, 3.63) is 0 Å². The Hall–Kier alpha value is -2.69. The van der Waals surface area contributed by atoms with Crippen LogP contribution in [0.15, 0.2) is 0 Å². The summed E-state index contributed by atoms with van der Waals surface area (Å²) in [6, 6.07) is -3.35. The molecule has 3 fully saturated rings. The summed E-state index contributed by atoms with van der Waals surface area (Å²) in [6.07, 6.45) is 7.84. The van der Waals surface area contributed by atoms with Crippen LogP contribution in [0.2, 0.25) is 0 Å². The Bertz CT molecular complexity index is 992. The van der Waals surface area contributed by atoms with Crippen LogP contribution in [-0.2, 0) is 23.9 Å². The van der Waals surface area contributed by atoms with Gasteiger partial charge in [0.05, 0.1) is 18.7 Å². The fraction of sp³-hybridized carbons (Fsp3) is 0.839. The molecule has 5 amide bonds. The third kappa shape index (κ3) is 8.02. The molecule has 0 aromatic carbocycles. The Morgan fingerprint density at radius 1 is 0.976 bits per heavy atom. The molecular weight excluding hydrogens is 538 g/mol. The molecule has 1 heterocycles. The standard InChI is InChI=1S/C31H53N5O6/c1-18(2)23(17-42-6)34-30(41)35-26(31(5)13-8-7-9-14-31)29(40)36-16-19(3)20(4)24(36)28(39)33-22(25(37)27(32)38)15-21-11-10-12-21/h18-24,26H,7-17H2,1-6H3,(H2,32,38)(H,33,39)(H2,34,35,41)/t19-,20-,22?,23+,24?,26?/m0/s1. The number of urea groups is 1. The fourth-order valence-electron chi connectivity index (χ4n) is 6.78. The third-order valence-electron chi connectivity index (χ3n) is 10.1. The summed E-state index contributed by atoms with van der Waals surface area (Å²) in [4.78, 5) is 67.6. The second-order valence-electron chi connectivity index (χ2n) is 13.7. The van der Waals surface area contributed by atoms with Gasteiger partial charge in [0.25, 0.3) is 5.91 Å². The molecule has 0 bridgehead atoms. The molecule has 0 aromatic heterocycles. The quantitative estimate of drug-likeness (QED) is 0.241. The zero-order valence-corrected chi connectivity index (χ0v) is 26.4. The number of nitrogens with one attached hydrogen (secondary N) is 3. The third-order valence-corrected chi connectivity index (χ3v) is 10.1. The van der Waals surface area contributed by atoms with Gasteiger partial charge in [-0.25, -0.2) is 4.79 Å². The zero-order chi connectivity index (χ0) is 31.2. The number of amides is 5. The number of primary amides is 1. The van der Waals surface area contributed by atoms with Crippen LogP contribution in [0, 0.1) is 29.1 Å². The first-order valence-corrected chi connectivity index (χ1v) is 15.8. The molecule has 1 aliphatic heterocycles. The summed E-state index contributed by atoms with van der Waals surface area (Å²) in [5.74, 6) is -2.44. The van der Waals surface area contributed by atoms with Crippen LogP contribution in [-0.4, -0.2) is 78.9 Å². The van der Waals surface area contributed by atoms with Crippen molar-refractivity contribution in [1.29, 1.82) is 0 Å². The molecule has 11 heteroatoms. The number of likely N-dealkylation sites (tertiary alicyclic amines) is 1. The first-order chi connectivity index (χ1) is 19.8. The minimum Gasteiger partial charge on any atom is -0.383 e. The van der Waals surface area contributed by atoms with E-state index in [-0.39, 0.29) is 35.6 Å². The first-order valence-electron chi connectivity index (χ1n) is 15.8. The maximum Gasteiger partial charge on any atom is 0.315 e. The Labute approximate surface area is 250 Å². The number of Topliss-reactive ketones (excluding diaryl/α,β-unsaturated/α-hetero) is 1. The summed E-state index contributed by atoms with van der Waals surface area (Å²) in [5, 5.41) is 8.78. The second kappa shape index (κ2) is 14.7. The van der Waals surface area contributed by atoms with E-state index >= 15 is 0 Å². The summed E-state index contributed by atoms with van der Waals surface area (Å²) >= 11 is 0. The number of ketones is 1. The van der Waals surface area contributed by atoms with Gasteiger partial charge in [0.1, 0.15) is 12.1 Å². The molecule has 5 N–H and O–H groups in total. The molecule has 3 aliphatic rings. The van der Waals surface area contributed by atoms with Crippen LogP contribution in [0.25, 0.3) is 0 Å². The smallest absolute Gasteiger partial charge is 0.315 e. The predicted octanol–water partition coefficient (Wildman–Crippen LogP) is 2.51. The van der Waals surface area contributed by atoms with Gasteiger partial charge >= 0.3 is 6.03 Å². The van der Waals surface area contributed by atoms with Gasteiger partial charge in [0.2, 0.25) is 17.6 Å². The summed E-state index contributed by atoms with van der Waals surface area (Å²) in [7, 11) is 1.58. The lowest BCUT2D eigenvalue weighted by Crippen LogP contribution is -2.62. The van der Waals surface area contributed by atoms with Gasteiger partial charge in [-0.3, -0.25) is 19.2 Å². The van der Waals surface area contributed by atoms with E-state index < -0.39 is 47.2 Å². The Kier molecular flexibility index (Phi) is 11.8. The fourth-order valence-corrected chi connectivity index (χ4v) is 6.78. The van der Waals surface area contributed by atoms with Gasteiger partial charge in [0.15, 0.2) is 0 Å². The topological polar surface area (TPSA) is 160 Å². The van der Waals surface area contributed by atoms with E-state index in [1.807, 2.05) is 34.6 Å². The van der Waals surface area contributed by atoms with Crippen LogP contribution in [0.3, 0.4) is 0 Å². The highest BCUT2D eigenvalue weighted by Gasteiger charge is 2.50. The van der Waals surface area contributed by atoms with Crippen LogP contribution in [0.4, 0.5) is 4.79 Å². The molecule has 0 radical (unpaired) electrons. The number of hydrogen-bond acceptors (Lipinski definition) is 6. The summed E-state index contributed by atoms with van der Waals surface area (Å²) in [5.41, 5.74) is 4.84. The molecule has 11 nitrogen and oxygen atoms in total. The van der Waals surface area contributed by atoms with Gasteiger partial charge in [-0.05, 0) is 48.3 Å². The van der Waals surface area contributed by atoms with Crippen molar-refractivity contribution in [2.24, 2.45) is 34.8 Å². The van der Waals surface area contributed by atoms with Crippen molar-refractivity contribution in [3.63, 3.8) is 0 Å². The highest BCUT2D eigenvalue weighted by molar-refractivity contribution is 6.37.